The molecule has 50 heavy (non-hydrogen) atoms. The van der Waals surface area contributed by atoms with Gasteiger partial charge >= 0.3 is 6.18 Å². The highest BCUT2D eigenvalue weighted by Crippen LogP contribution is 2.37. The second-order valence-electron chi connectivity index (χ2n) is 11.6. The lowest BCUT2D eigenvalue weighted by molar-refractivity contribution is -0.138. The molecule has 4 rings (SSSR count). The first-order valence-electron chi connectivity index (χ1n) is 15.8. The molecule has 0 atom stereocenters. The van der Waals surface area contributed by atoms with Crippen LogP contribution in [-0.4, -0.2) is 28.6 Å². The van der Waals surface area contributed by atoms with E-state index in [4.69, 9.17) is 17.4 Å². The molecule has 0 saturated carbocycles. The Morgan fingerprint density at radius 3 is 1.74 bits per heavy atom. The van der Waals surface area contributed by atoms with Crippen LogP contribution in [0.4, 0.5) is 24.7 Å². The number of halogens is 3. The van der Waals surface area contributed by atoms with Gasteiger partial charge in [0.15, 0.2) is 0 Å². The number of primary amides is 1. The summed E-state index contributed by atoms with van der Waals surface area (Å²) in [5, 5.41) is 0. The predicted molar refractivity (Wildman–Crippen MR) is 181 cm³/mol. The number of amides is 4. The minimum Gasteiger partial charge on any atom is -0.370 e. The maximum atomic E-state index is 14.5. The van der Waals surface area contributed by atoms with Crippen molar-refractivity contribution in [3.8, 4) is 0 Å². The fraction of sp³-hybridized carbons (Fsp3) is 0.250. The number of nitrogens with one attached hydrogen (secondary N) is 2. The molecule has 3 aromatic carbocycles. The molecule has 1 aromatic heterocycles. The SMILES string of the molecule is NNC(=O)Cc1ccc(CCc2cccc(N(C(=O)CCC(N)=O)c3ccc(CCc4ccc(CC(=O)NN)cc4)c(C(F)(F)F)c3)n2)cc1. The number of pyridine rings is 1. The number of nitrogens with two attached hydrogens (primary N) is 3. The van der Waals surface area contributed by atoms with E-state index in [9.17, 15) is 32.3 Å². The number of aryl methyl sites for hydroxylation is 4. The van der Waals surface area contributed by atoms with Gasteiger partial charge in [0.25, 0.3) is 0 Å². The van der Waals surface area contributed by atoms with E-state index in [1.807, 2.05) is 24.3 Å². The quantitative estimate of drug-likeness (QED) is 0.0716. The van der Waals surface area contributed by atoms with Crippen molar-refractivity contribution in [2.24, 2.45) is 17.4 Å². The molecular formula is C36H38F3N7O4. The average molecular weight is 690 g/mol. The van der Waals surface area contributed by atoms with Crippen molar-refractivity contribution in [1.82, 2.24) is 15.8 Å². The Balaban J connectivity index is 1.58. The maximum absolute atomic E-state index is 14.5. The molecule has 0 radical (unpaired) electrons. The molecular weight excluding hydrogens is 651 g/mol. The monoisotopic (exact) mass is 689 g/mol. The van der Waals surface area contributed by atoms with E-state index < -0.39 is 23.6 Å². The van der Waals surface area contributed by atoms with Gasteiger partial charge in [-0.3, -0.25) is 34.9 Å². The highest BCUT2D eigenvalue weighted by molar-refractivity contribution is 6.01. The second kappa shape index (κ2) is 17.2. The van der Waals surface area contributed by atoms with Gasteiger partial charge in [0.2, 0.25) is 23.6 Å². The summed E-state index contributed by atoms with van der Waals surface area (Å²) in [6, 6.07) is 22.9. The highest BCUT2D eigenvalue weighted by atomic mass is 19.4. The number of hydrogen-bond donors (Lipinski definition) is 5. The lowest BCUT2D eigenvalue weighted by Gasteiger charge is -2.24. The summed E-state index contributed by atoms with van der Waals surface area (Å²) in [7, 11) is 0. The van der Waals surface area contributed by atoms with Crippen LogP contribution in [-0.2, 0) is 63.9 Å². The van der Waals surface area contributed by atoms with Crippen LogP contribution in [0, 0.1) is 0 Å². The summed E-state index contributed by atoms with van der Waals surface area (Å²) in [6.45, 7) is 0. The van der Waals surface area contributed by atoms with Gasteiger partial charge < -0.3 is 5.73 Å². The first-order valence-corrected chi connectivity index (χ1v) is 15.8. The summed E-state index contributed by atoms with van der Waals surface area (Å²) in [5.41, 5.74) is 12.3. The third-order valence-corrected chi connectivity index (χ3v) is 7.96. The Bertz CT molecular complexity index is 1810. The predicted octanol–water partition coefficient (Wildman–Crippen LogP) is 3.67. The highest BCUT2D eigenvalue weighted by Gasteiger charge is 2.34. The van der Waals surface area contributed by atoms with Crippen LogP contribution in [0.2, 0.25) is 0 Å². The van der Waals surface area contributed by atoms with E-state index in [0.717, 1.165) is 27.7 Å². The summed E-state index contributed by atoms with van der Waals surface area (Å²) < 4.78 is 43.4. The summed E-state index contributed by atoms with van der Waals surface area (Å²) in [4.78, 5) is 53.7. The number of hydrogen-bond acceptors (Lipinski definition) is 7. The molecule has 0 aliphatic rings. The number of rotatable bonds is 15. The summed E-state index contributed by atoms with van der Waals surface area (Å²) in [5.74, 6) is 8.33. The van der Waals surface area contributed by atoms with Gasteiger partial charge in [-0.25, -0.2) is 16.7 Å². The first kappa shape index (κ1) is 37.2. The molecule has 0 bridgehead atoms. The molecule has 0 saturated heterocycles. The fourth-order valence-corrected chi connectivity index (χ4v) is 5.33. The number of alkyl halides is 3. The Morgan fingerprint density at radius 2 is 1.22 bits per heavy atom. The van der Waals surface area contributed by atoms with Crippen molar-refractivity contribution in [3.05, 3.63) is 124 Å². The first-order chi connectivity index (χ1) is 23.9. The topological polar surface area (TPSA) is 187 Å². The Hall–Kier alpha value is -5.60. The minimum atomic E-state index is -4.73. The van der Waals surface area contributed by atoms with Crippen LogP contribution in [0.1, 0.15) is 51.9 Å². The third-order valence-electron chi connectivity index (χ3n) is 7.96. The number of carbonyl (C=O) groups is 4. The Labute approximate surface area is 287 Å². The maximum Gasteiger partial charge on any atom is 0.416 e. The standard InChI is InChI=1S/C36H38F3N7O4/c37-36(38,39)30-22-29(17-15-27(30)14-12-23-4-8-25(9-5-23)20-33(48)44-41)46(35(50)19-18-31(40)47)32-3-1-2-28(43-32)16-13-24-6-10-26(11-7-24)21-34(49)45-42/h1-11,15,17,22H,12-14,16,18-21,41-42H2,(H2,40,47)(H,44,48)(H,45,49). The van der Waals surface area contributed by atoms with Crippen molar-refractivity contribution < 1.29 is 32.3 Å². The third kappa shape index (κ3) is 10.7. The minimum absolute atomic E-state index is 0.0359. The van der Waals surface area contributed by atoms with E-state index >= 15 is 0 Å². The molecule has 0 unspecified atom stereocenters. The number of carbonyl (C=O) groups excluding carboxylic acids is 4. The molecule has 0 fully saturated rings. The van der Waals surface area contributed by atoms with Gasteiger partial charge in [-0.15, -0.1) is 0 Å². The number of anilines is 2. The van der Waals surface area contributed by atoms with Gasteiger partial charge in [0.05, 0.1) is 24.1 Å². The number of nitrogens with zero attached hydrogens (tertiary/aromatic N) is 2. The zero-order valence-corrected chi connectivity index (χ0v) is 27.1. The fourth-order valence-electron chi connectivity index (χ4n) is 5.33. The molecule has 0 aliphatic carbocycles. The number of benzene rings is 3. The summed E-state index contributed by atoms with van der Waals surface area (Å²) >= 11 is 0. The van der Waals surface area contributed by atoms with Crippen LogP contribution < -0.4 is 33.2 Å². The summed E-state index contributed by atoms with van der Waals surface area (Å²) in [6.07, 6.45) is -3.77. The average Bonchev–Trinajstić information content (AvgIpc) is 3.10. The molecule has 1 heterocycles. The second-order valence-corrected chi connectivity index (χ2v) is 11.6. The van der Waals surface area contributed by atoms with Crippen molar-refractivity contribution >= 4 is 35.1 Å². The largest absolute Gasteiger partial charge is 0.416 e. The Kier molecular flexibility index (Phi) is 12.8. The van der Waals surface area contributed by atoms with E-state index in [-0.39, 0.29) is 61.0 Å². The molecule has 14 heteroatoms. The van der Waals surface area contributed by atoms with Crippen molar-refractivity contribution in [2.75, 3.05) is 4.90 Å². The smallest absolute Gasteiger partial charge is 0.370 e. The van der Waals surface area contributed by atoms with E-state index in [1.165, 1.54) is 18.2 Å². The molecule has 11 nitrogen and oxygen atoms in total. The van der Waals surface area contributed by atoms with Gasteiger partial charge in [-0.1, -0.05) is 60.7 Å². The zero-order valence-electron chi connectivity index (χ0n) is 27.1. The van der Waals surface area contributed by atoms with Crippen molar-refractivity contribution in [1.29, 1.82) is 0 Å². The number of aromatic nitrogens is 1. The van der Waals surface area contributed by atoms with Crippen LogP contribution in [0.5, 0.6) is 0 Å². The van der Waals surface area contributed by atoms with Crippen LogP contribution in [0.15, 0.2) is 84.9 Å². The van der Waals surface area contributed by atoms with Crippen molar-refractivity contribution in [3.63, 3.8) is 0 Å². The molecule has 262 valence electrons. The van der Waals surface area contributed by atoms with Gasteiger partial charge in [0, 0.05) is 18.5 Å². The molecule has 0 spiro atoms. The van der Waals surface area contributed by atoms with Gasteiger partial charge in [-0.05, 0) is 77.8 Å². The van der Waals surface area contributed by atoms with Crippen LogP contribution in [0.25, 0.3) is 0 Å². The lowest BCUT2D eigenvalue weighted by Crippen LogP contribution is -2.31. The zero-order chi connectivity index (χ0) is 36.3. The van der Waals surface area contributed by atoms with Crippen LogP contribution in [0.3, 0.4) is 0 Å². The van der Waals surface area contributed by atoms with Crippen LogP contribution >= 0.6 is 0 Å². The number of hydrazine groups is 2. The van der Waals surface area contributed by atoms with E-state index in [1.54, 1.807) is 36.4 Å². The normalized spacial score (nSPS) is 11.1. The molecule has 8 N–H and O–H groups in total. The Morgan fingerprint density at radius 1 is 0.680 bits per heavy atom. The van der Waals surface area contributed by atoms with Crippen molar-refractivity contribution in [2.45, 2.75) is 57.5 Å². The van der Waals surface area contributed by atoms with Gasteiger partial charge in [0.1, 0.15) is 5.82 Å². The lowest BCUT2D eigenvalue weighted by atomic mass is 9.97. The van der Waals surface area contributed by atoms with E-state index in [0.29, 0.717) is 30.5 Å². The molecule has 0 aliphatic heterocycles. The van der Waals surface area contributed by atoms with Gasteiger partial charge in [-0.2, -0.15) is 13.2 Å². The molecule has 4 aromatic rings. The van der Waals surface area contributed by atoms with E-state index in [2.05, 4.69) is 15.8 Å². The molecule has 4 amide bonds.